The molecule has 0 radical (unpaired) electrons. The molecule has 0 saturated carbocycles. The van der Waals surface area contributed by atoms with Crippen molar-refractivity contribution >= 4 is 0 Å². The summed E-state index contributed by atoms with van der Waals surface area (Å²) in [6.07, 6.45) is 1.25. The van der Waals surface area contributed by atoms with Gasteiger partial charge in [-0.2, -0.15) is 0 Å². The van der Waals surface area contributed by atoms with Crippen molar-refractivity contribution in [1.29, 1.82) is 0 Å². The van der Waals surface area contributed by atoms with Crippen molar-refractivity contribution in [3.63, 3.8) is 0 Å². The Kier molecular flexibility index (Phi) is 9.38. The topological polar surface area (TPSA) is 20.2 Å². The summed E-state index contributed by atoms with van der Waals surface area (Å²) in [5.74, 6) is 0.328. The molecule has 2 aromatic carbocycles. The summed E-state index contributed by atoms with van der Waals surface area (Å²) in [5.41, 5.74) is 1.92. The molecule has 2 rings (SSSR count). The van der Waals surface area contributed by atoms with Crippen LogP contribution >= 0.6 is 0 Å². The average Bonchev–Trinajstić information content (AvgIpc) is 2.43. The lowest BCUT2D eigenvalue weighted by Gasteiger charge is -2.02. The molecule has 98 valence electrons. The number of benzene rings is 2. The van der Waals surface area contributed by atoms with E-state index in [1.165, 1.54) is 6.42 Å². The van der Waals surface area contributed by atoms with Crippen LogP contribution in [0.3, 0.4) is 0 Å². The van der Waals surface area contributed by atoms with E-state index in [2.05, 4.69) is 13.8 Å². The minimum Gasteiger partial charge on any atom is -0.507 e. The van der Waals surface area contributed by atoms with Crippen LogP contribution in [-0.2, 0) is 0 Å². The van der Waals surface area contributed by atoms with E-state index in [1.54, 1.807) is 6.07 Å². The molecular formula is C17H24O. The van der Waals surface area contributed by atoms with Crippen molar-refractivity contribution in [3.8, 4) is 16.9 Å². The first-order valence-corrected chi connectivity index (χ1v) is 6.63. The van der Waals surface area contributed by atoms with Crippen LogP contribution in [0.5, 0.6) is 5.75 Å². The largest absolute Gasteiger partial charge is 0.507 e. The van der Waals surface area contributed by atoms with E-state index in [4.69, 9.17) is 0 Å². The molecule has 0 aliphatic rings. The molecule has 0 aromatic heterocycles. The Labute approximate surface area is 111 Å². The minimum absolute atomic E-state index is 0.328. The quantitative estimate of drug-likeness (QED) is 0.702. The molecule has 18 heavy (non-hydrogen) atoms. The van der Waals surface area contributed by atoms with Crippen molar-refractivity contribution in [1.82, 2.24) is 0 Å². The molecule has 0 fully saturated rings. The summed E-state index contributed by atoms with van der Waals surface area (Å²) in [6.45, 7) is 8.25. The van der Waals surface area contributed by atoms with Gasteiger partial charge in [0.25, 0.3) is 0 Å². The summed E-state index contributed by atoms with van der Waals surface area (Å²) in [7, 11) is 0. The van der Waals surface area contributed by atoms with E-state index >= 15 is 0 Å². The number of hydrogen-bond donors (Lipinski definition) is 1. The second-order valence-corrected chi connectivity index (χ2v) is 3.59. The van der Waals surface area contributed by atoms with E-state index in [0.717, 1.165) is 11.1 Å². The van der Waals surface area contributed by atoms with Gasteiger partial charge in [0.2, 0.25) is 0 Å². The first-order valence-electron chi connectivity index (χ1n) is 6.63. The van der Waals surface area contributed by atoms with Crippen molar-refractivity contribution in [2.45, 2.75) is 34.1 Å². The van der Waals surface area contributed by atoms with Gasteiger partial charge in [0, 0.05) is 5.56 Å². The highest BCUT2D eigenvalue weighted by atomic mass is 16.3. The Bertz CT molecular complexity index is 407. The van der Waals surface area contributed by atoms with Crippen molar-refractivity contribution in [2.75, 3.05) is 0 Å². The third kappa shape index (κ3) is 5.53. The molecule has 0 unspecified atom stereocenters. The van der Waals surface area contributed by atoms with Gasteiger partial charge in [-0.3, -0.25) is 0 Å². The SMILES string of the molecule is CC.CCC.Oc1ccccc1-c1ccccc1. The van der Waals surface area contributed by atoms with E-state index in [0.29, 0.717) is 5.75 Å². The highest BCUT2D eigenvalue weighted by Gasteiger charge is 2.00. The molecule has 1 N–H and O–H groups in total. The summed E-state index contributed by atoms with van der Waals surface area (Å²) >= 11 is 0. The second-order valence-electron chi connectivity index (χ2n) is 3.59. The average molecular weight is 244 g/mol. The monoisotopic (exact) mass is 244 g/mol. The van der Waals surface area contributed by atoms with Gasteiger partial charge in [0.1, 0.15) is 5.75 Å². The van der Waals surface area contributed by atoms with Gasteiger partial charge in [0.15, 0.2) is 0 Å². The van der Waals surface area contributed by atoms with Crippen LogP contribution < -0.4 is 0 Å². The Morgan fingerprint density at radius 3 is 1.72 bits per heavy atom. The van der Waals surface area contributed by atoms with Gasteiger partial charge >= 0.3 is 0 Å². The van der Waals surface area contributed by atoms with Gasteiger partial charge in [-0.05, 0) is 11.6 Å². The lowest BCUT2D eigenvalue weighted by atomic mass is 10.1. The number of aromatic hydroxyl groups is 1. The van der Waals surface area contributed by atoms with Gasteiger partial charge in [-0.25, -0.2) is 0 Å². The molecule has 1 heteroatoms. The molecule has 0 aliphatic carbocycles. The Balaban J connectivity index is 0.000000509. The molecule has 1 nitrogen and oxygen atoms in total. The van der Waals surface area contributed by atoms with Crippen LogP contribution in [0.25, 0.3) is 11.1 Å². The third-order valence-electron chi connectivity index (χ3n) is 1.99. The highest BCUT2D eigenvalue weighted by molar-refractivity contribution is 5.69. The van der Waals surface area contributed by atoms with Crippen LogP contribution in [0.4, 0.5) is 0 Å². The zero-order chi connectivity index (χ0) is 13.8. The molecule has 0 aliphatic heterocycles. The summed E-state index contributed by atoms with van der Waals surface area (Å²) < 4.78 is 0. The lowest BCUT2D eigenvalue weighted by molar-refractivity contribution is 0.477. The molecule has 2 aromatic rings. The second kappa shape index (κ2) is 10.4. The first-order chi connectivity index (χ1) is 8.79. The lowest BCUT2D eigenvalue weighted by Crippen LogP contribution is -1.76. The number of phenolic OH excluding ortho intramolecular Hbond substituents is 1. The van der Waals surface area contributed by atoms with Gasteiger partial charge < -0.3 is 5.11 Å². The van der Waals surface area contributed by atoms with Crippen molar-refractivity contribution in [3.05, 3.63) is 54.6 Å². The van der Waals surface area contributed by atoms with Crippen LogP contribution in [0, 0.1) is 0 Å². The maximum atomic E-state index is 9.56. The van der Waals surface area contributed by atoms with Gasteiger partial charge in [-0.15, -0.1) is 0 Å². The fourth-order valence-electron chi connectivity index (χ4n) is 1.34. The normalized spacial score (nSPS) is 8.44. The Morgan fingerprint density at radius 1 is 0.778 bits per heavy atom. The fourth-order valence-corrected chi connectivity index (χ4v) is 1.34. The van der Waals surface area contributed by atoms with E-state index in [-0.39, 0.29) is 0 Å². The minimum atomic E-state index is 0.328. The number of para-hydroxylation sites is 1. The summed E-state index contributed by atoms with van der Waals surface area (Å²) in [4.78, 5) is 0. The maximum absolute atomic E-state index is 9.56. The van der Waals surface area contributed by atoms with Crippen molar-refractivity contribution in [2.24, 2.45) is 0 Å². The number of hydrogen-bond acceptors (Lipinski definition) is 1. The predicted molar refractivity (Wildman–Crippen MR) is 80.9 cm³/mol. The maximum Gasteiger partial charge on any atom is 0.123 e. The van der Waals surface area contributed by atoms with Crippen LogP contribution in [0.15, 0.2) is 54.6 Å². The van der Waals surface area contributed by atoms with Crippen molar-refractivity contribution < 1.29 is 5.11 Å². The zero-order valence-corrected chi connectivity index (χ0v) is 11.9. The number of rotatable bonds is 1. The predicted octanol–water partition coefficient (Wildman–Crippen LogP) is 5.50. The molecular weight excluding hydrogens is 220 g/mol. The summed E-state index contributed by atoms with van der Waals surface area (Å²) in [6, 6.07) is 17.2. The molecule has 0 spiro atoms. The molecule has 0 saturated heterocycles. The van der Waals surface area contributed by atoms with Crippen LogP contribution in [0.2, 0.25) is 0 Å². The smallest absolute Gasteiger partial charge is 0.123 e. The van der Waals surface area contributed by atoms with Crippen LogP contribution in [-0.4, -0.2) is 5.11 Å². The van der Waals surface area contributed by atoms with E-state index in [9.17, 15) is 5.11 Å². The number of phenols is 1. The molecule has 0 bridgehead atoms. The fraction of sp³-hybridized carbons (Fsp3) is 0.294. The third-order valence-corrected chi connectivity index (χ3v) is 1.99. The van der Waals surface area contributed by atoms with E-state index < -0.39 is 0 Å². The van der Waals surface area contributed by atoms with Gasteiger partial charge in [0.05, 0.1) is 0 Å². The van der Waals surface area contributed by atoms with Crippen LogP contribution in [0.1, 0.15) is 34.1 Å². The zero-order valence-electron chi connectivity index (χ0n) is 11.9. The Hall–Kier alpha value is -1.76. The molecule has 0 amide bonds. The highest BCUT2D eigenvalue weighted by Crippen LogP contribution is 2.27. The molecule has 0 atom stereocenters. The first kappa shape index (κ1) is 16.2. The van der Waals surface area contributed by atoms with Gasteiger partial charge in [-0.1, -0.05) is 82.6 Å². The molecule has 0 heterocycles. The summed E-state index contributed by atoms with van der Waals surface area (Å²) in [5, 5.41) is 9.56. The Morgan fingerprint density at radius 2 is 1.22 bits per heavy atom. The standard InChI is InChI=1S/C12H10O.C3H8.C2H6/c13-12-9-5-4-8-11(12)10-6-2-1-3-7-10;1-3-2;1-2/h1-9,13H;3H2,1-2H3;1-2H3. The van der Waals surface area contributed by atoms with E-state index in [1.807, 2.05) is 62.4 Å².